The first-order valence-corrected chi connectivity index (χ1v) is 0. The van der Waals surface area contributed by atoms with E-state index in [0.717, 1.165) is 0 Å². The van der Waals surface area contributed by atoms with Gasteiger partial charge in [0, 0.05) is 0 Å². The summed E-state index contributed by atoms with van der Waals surface area (Å²) < 4.78 is 0. The fourth-order valence-corrected chi connectivity index (χ4v) is 0. The van der Waals surface area contributed by atoms with Gasteiger partial charge in [-0.05, 0) is 0 Å². The normalized spacial score (nSPS) is 0. The third kappa shape index (κ3) is 232. The van der Waals surface area contributed by atoms with Gasteiger partial charge < -0.3 is 32.9 Å². The zero-order valence-corrected chi connectivity index (χ0v) is 11.6. The van der Waals surface area contributed by atoms with E-state index in [2.05, 4.69) is 0 Å². The third-order valence-corrected chi connectivity index (χ3v) is 0. The van der Waals surface area contributed by atoms with Crippen LogP contribution in [0.15, 0.2) is 0 Å². The van der Waals surface area contributed by atoms with Crippen LogP contribution in [0.2, 0.25) is 0 Å². The molecule has 0 spiro atoms. The molecule has 53 valence electrons. The van der Waals surface area contributed by atoms with Gasteiger partial charge in [-0.15, -0.1) is 0 Å². The van der Waals surface area contributed by atoms with Crippen molar-refractivity contribution in [1.82, 2.24) is 0 Å². The van der Waals surface area contributed by atoms with Gasteiger partial charge in [-0.3, -0.25) is 0 Å². The standard InChI is InChI=1S/Mn.6H2O.2Zn/h;6*1H2;;/q+2;;;;;;;2*+2/p-6. The second-order valence-corrected chi connectivity index (χ2v) is 0. The van der Waals surface area contributed by atoms with E-state index in [0.29, 0.717) is 0 Å². The van der Waals surface area contributed by atoms with Gasteiger partial charge in [0.15, 0.2) is 0 Å². The molecular weight excluding hydrogens is 282 g/mol. The zero-order chi connectivity index (χ0) is 0. The predicted molar refractivity (Wildman–Crippen MR) is 11.6 cm³/mol. The summed E-state index contributed by atoms with van der Waals surface area (Å²) in [6.07, 6.45) is 0. The molecule has 0 aromatic carbocycles. The van der Waals surface area contributed by atoms with Crippen molar-refractivity contribution in [2.24, 2.45) is 0 Å². The average molecular weight is 288 g/mol. The van der Waals surface area contributed by atoms with Gasteiger partial charge in [-0.25, -0.2) is 0 Å². The molecule has 0 aromatic heterocycles. The minimum Gasteiger partial charge on any atom is -0.870 e. The van der Waals surface area contributed by atoms with Crippen LogP contribution >= 0.6 is 0 Å². The van der Waals surface area contributed by atoms with Crippen molar-refractivity contribution >= 4 is 0 Å². The monoisotopic (exact) mass is 285 g/mol. The SMILES string of the molecule is [Mn+2].[OH-].[OH-].[OH-].[OH-].[OH-].[OH-].[Zn+2].[Zn+2]. The van der Waals surface area contributed by atoms with E-state index >= 15 is 0 Å². The van der Waals surface area contributed by atoms with Gasteiger partial charge >= 0.3 is 56.0 Å². The van der Waals surface area contributed by atoms with Crippen LogP contribution in [-0.2, 0) is 56.0 Å². The topological polar surface area (TPSA) is 180 Å². The summed E-state index contributed by atoms with van der Waals surface area (Å²) in [5.41, 5.74) is 0. The largest absolute Gasteiger partial charge is 2.00 e. The molecule has 0 aromatic rings. The summed E-state index contributed by atoms with van der Waals surface area (Å²) in [5.74, 6) is 0. The average Bonchev–Trinajstić information content (AvgIpc) is 0. The van der Waals surface area contributed by atoms with Crippen LogP contribution in [0.3, 0.4) is 0 Å². The van der Waals surface area contributed by atoms with E-state index in [1.807, 2.05) is 0 Å². The molecule has 6 N–H and O–H groups in total. The molecule has 0 rings (SSSR count). The molecule has 9 heavy (non-hydrogen) atoms. The zero-order valence-electron chi connectivity index (χ0n) is 4.48. The summed E-state index contributed by atoms with van der Waals surface area (Å²) in [7, 11) is 0. The molecule has 0 bridgehead atoms. The molecular formula is H6MnO6Zn2. The van der Waals surface area contributed by atoms with Crippen LogP contribution in [0.1, 0.15) is 0 Å². The molecule has 0 atom stereocenters. The van der Waals surface area contributed by atoms with Gasteiger partial charge in [0.25, 0.3) is 0 Å². The fraction of sp³-hybridized carbons (Fsp3) is 0. The van der Waals surface area contributed by atoms with Crippen molar-refractivity contribution in [3.63, 3.8) is 0 Å². The molecule has 0 aliphatic carbocycles. The summed E-state index contributed by atoms with van der Waals surface area (Å²) in [5, 5.41) is 0. The van der Waals surface area contributed by atoms with Gasteiger partial charge in [-0.2, -0.15) is 0 Å². The van der Waals surface area contributed by atoms with E-state index in [1.54, 1.807) is 0 Å². The first kappa shape index (κ1) is 410. The fourth-order valence-electron chi connectivity index (χ4n) is 0. The van der Waals surface area contributed by atoms with Crippen molar-refractivity contribution in [3.05, 3.63) is 0 Å². The molecule has 1 radical (unpaired) electrons. The van der Waals surface area contributed by atoms with Crippen molar-refractivity contribution in [2.45, 2.75) is 0 Å². The minimum absolute atomic E-state index is 0. The molecule has 0 fully saturated rings. The van der Waals surface area contributed by atoms with E-state index in [-0.39, 0.29) is 88.9 Å². The predicted octanol–water partition coefficient (Wildman–Crippen LogP) is -1.07. The van der Waals surface area contributed by atoms with E-state index < -0.39 is 0 Å². The molecule has 0 saturated carbocycles. The Morgan fingerprint density at radius 1 is 0.333 bits per heavy atom. The van der Waals surface area contributed by atoms with E-state index in [4.69, 9.17) is 0 Å². The Balaban J connectivity index is 0. The Bertz CT molecular complexity index is 11.0. The van der Waals surface area contributed by atoms with Crippen LogP contribution in [0.5, 0.6) is 0 Å². The smallest absolute Gasteiger partial charge is 0.870 e. The molecule has 0 saturated heterocycles. The Labute approximate surface area is 88.6 Å². The maximum Gasteiger partial charge on any atom is 2.00 e. The Kier molecular flexibility index (Phi) is 13500. The van der Waals surface area contributed by atoms with Crippen LogP contribution in [0, 0.1) is 0 Å². The van der Waals surface area contributed by atoms with Crippen LogP contribution in [0.4, 0.5) is 0 Å². The Hall–Kier alpha value is 1.53. The number of hydrogen-bond acceptors (Lipinski definition) is 6. The first-order valence-electron chi connectivity index (χ1n) is 0. The van der Waals surface area contributed by atoms with E-state index in [9.17, 15) is 0 Å². The van der Waals surface area contributed by atoms with Crippen molar-refractivity contribution in [1.29, 1.82) is 0 Å². The molecule has 0 unspecified atom stereocenters. The third-order valence-electron chi connectivity index (χ3n) is 0. The second-order valence-electron chi connectivity index (χ2n) is 0. The summed E-state index contributed by atoms with van der Waals surface area (Å²) in [6.45, 7) is 0. The number of rotatable bonds is 0. The maximum absolute atomic E-state index is 0. The van der Waals surface area contributed by atoms with Crippen LogP contribution in [-0.4, -0.2) is 32.9 Å². The van der Waals surface area contributed by atoms with Crippen molar-refractivity contribution < 1.29 is 88.9 Å². The Morgan fingerprint density at radius 3 is 0.333 bits per heavy atom. The minimum atomic E-state index is 0. The molecule has 9 heteroatoms. The molecule has 0 amide bonds. The molecule has 0 aliphatic rings. The van der Waals surface area contributed by atoms with Crippen molar-refractivity contribution in [3.8, 4) is 0 Å². The second kappa shape index (κ2) is 297. The van der Waals surface area contributed by atoms with Gasteiger partial charge in [-0.1, -0.05) is 0 Å². The molecule has 6 nitrogen and oxygen atoms in total. The summed E-state index contributed by atoms with van der Waals surface area (Å²) >= 11 is 0. The van der Waals surface area contributed by atoms with Crippen molar-refractivity contribution in [2.75, 3.05) is 0 Å². The quantitative estimate of drug-likeness (QED) is 0.511. The maximum atomic E-state index is 0. The summed E-state index contributed by atoms with van der Waals surface area (Å²) in [6, 6.07) is 0. The van der Waals surface area contributed by atoms with E-state index in [1.165, 1.54) is 0 Å². The van der Waals surface area contributed by atoms with Gasteiger partial charge in [0.1, 0.15) is 0 Å². The molecule has 0 aliphatic heterocycles. The van der Waals surface area contributed by atoms with Crippen LogP contribution < -0.4 is 0 Å². The number of hydrogen-bond donors (Lipinski definition) is 0. The summed E-state index contributed by atoms with van der Waals surface area (Å²) in [4.78, 5) is 0. The van der Waals surface area contributed by atoms with Gasteiger partial charge in [0.2, 0.25) is 0 Å². The van der Waals surface area contributed by atoms with Crippen LogP contribution in [0.25, 0.3) is 0 Å². The Morgan fingerprint density at radius 2 is 0.333 bits per heavy atom. The first-order chi connectivity index (χ1) is 0. The van der Waals surface area contributed by atoms with Gasteiger partial charge in [0.05, 0.1) is 0 Å². The molecule has 0 heterocycles.